The molecule has 21 heavy (non-hydrogen) atoms. The highest BCUT2D eigenvalue weighted by Crippen LogP contribution is 2.22. The third-order valence-electron chi connectivity index (χ3n) is 3.87. The zero-order valence-corrected chi connectivity index (χ0v) is 12.0. The van der Waals surface area contributed by atoms with Crippen LogP contribution in [0.4, 0.5) is 0 Å². The smallest absolute Gasteiger partial charge is 0.192 e. The van der Waals surface area contributed by atoms with Gasteiger partial charge in [0, 0.05) is 28.2 Å². The summed E-state index contributed by atoms with van der Waals surface area (Å²) in [4.78, 5) is 12.5. The largest absolute Gasteiger partial charge is 0.336 e. The molecule has 0 saturated heterocycles. The first-order valence-corrected chi connectivity index (χ1v) is 7.14. The Labute approximate surface area is 124 Å². The minimum atomic E-state index is 0.0877. The van der Waals surface area contributed by atoms with Gasteiger partial charge >= 0.3 is 0 Å². The van der Waals surface area contributed by atoms with Gasteiger partial charge in [0.05, 0.1) is 6.54 Å². The summed E-state index contributed by atoms with van der Waals surface area (Å²) in [5.41, 5.74) is 2.58. The Bertz CT molecular complexity index is 799. The number of nitrogens with zero attached hydrogens (tertiary/aromatic N) is 1. The number of terminal acetylenes is 1. The highest BCUT2D eigenvalue weighted by atomic mass is 16.1. The van der Waals surface area contributed by atoms with Crippen molar-refractivity contribution in [3.05, 3.63) is 59.8 Å². The standard InChI is InChI=1S/C19H17NO/c1-3-11-20-12-10-16-13-17(8-9-18(16)20)19(21)15-6-4-14(2)5-7-15/h1,4,6-10,12-14H,5,11H2,2H3. The number of hydrogen-bond acceptors (Lipinski definition) is 1. The minimum Gasteiger partial charge on any atom is -0.336 e. The minimum absolute atomic E-state index is 0.0877. The third-order valence-corrected chi connectivity index (χ3v) is 3.87. The molecule has 1 aromatic carbocycles. The predicted molar refractivity (Wildman–Crippen MR) is 86.1 cm³/mol. The highest BCUT2D eigenvalue weighted by Gasteiger charge is 2.14. The summed E-state index contributed by atoms with van der Waals surface area (Å²) in [5.74, 6) is 3.24. The van der Waals surface area contributed by atoms with Crippen molar-refractivity contribution in [3.63, 3.8) is 0 Å². The maximum atomic E-state index is 12.5. The predicted octanol–water partition coefficient (Wildman–Crippen LogP) is 3.98. The van der Waals surface area contributed by atoms with Gasteiger partial charge in [0.25, 0.3) is 0 Å². The molecule has 0 aliphatic heterocycles. The molecule has 0 spiro atoms. The van der Waals surface area contributed by atoms with E-state index < -0.39 is 0 Å². The number of Topliss-reactive ketones (excluding diaryl/α,β-unsaturated/α-hetero) is 1. The number of allylic oxidation sites excluding steroid dienone is 4. The maximum Gasteiger partial charge on any atom is 0.192 e. The zero-order valence-electron chi connectivity index (χ0n) is 12.0. The number of rotatable bonds is 3. The summed E-state index contributed by atoms with van der Waals surface area (Å²) in [6.45, 7) is 2.69. The molecule has 0 amide bonds. The van der Waals surface area contributed by atoms with Crippen LogP contribution in [0, 0.1) is 18.3 Å². The van der Waals surface area contributed by atoms with Crippen molar-refractivity contribution in [1.82, 2.24) is 4.57 Å². The second-order valence-corrected chi connectivity index (χ2v) is 5.48. The SMILES string of the molecule is C#CCn1ccc2cc(C(=O)C3=CCC(C)C=C3)ccc21. The summed E-state index contributed by atoms with van der Waals surface area (Å²) in [6.07, 6.45) is 14.3. The molecular formula is C19H17NO. The number of carbonyl (C=O) groups excluding carboxylic acids is 1. The van der Waals surface area contributed by atoms with Crippen molar-refractivity contribution in [2.75, 3.05) is 0 Å². The lowest BCUT2D eigenvalue weighted by atomic mass is 9.93. The summed E-state index contributed by atoms with van der Waals surface area (Å²) >= 11 is 0. The van der Waals surface area contributed by atoms with E-state index in [1.807, 2.05) is 47.2 Å². The molecule has 1 aliphatic rings. The maximum absolute atomic E-state index is 12.5. The van der Waals surface area contributed by atoms with Crippen molar-refractivity contribution in [1.29, 1.82) is 0 Å². The van der Waals surface area contributed by atoms with Gasteiger partial charge in [-0.1, -0.05) is 31.1 Å². The second-order valence-electron chi connectivity index (χ2n) is 5.48. The first-order valence-electron chi connectivity index (χ1n) is 7.14. The molecule has 1 heterocycles. The van der Waals surface area contributed by atoms with Crippen LogP contribution in [0.15, 0.2) is 54.3 Å². The van der Waals surface area contributed by atoms with Gasteiger partial charge in [-0.15, -0.1) is 6.42 Å². The average molecular weight is 275 g/mol. The van der Waals surface area contributed by atoms with Crippen LogP contribution in [0.2, 0.25) is 0 Å². The van der Waals surface area contributed by atoms with E-state index in [-0.39, 0.29) is 5.78 Å². The number of aromatic nitrogens is 1. The van der Waals surface area contributed by atoms with E-state index in [2.05, 4.69) is 18.9 Å². The summed E-state index contributed by atoms with van der Waals surface area (Å²) in [5, 5.41) is 1.05. The molecule has 1 atom stereocenters. The fraction of sp³-hybridized carbons (Fsp3) is 0.211. The second kappa shape index (κ2) is 5.46. The summed E-state index contributed by atoms with van der Waals surface area (Å²) in [7, 11) is 0. The number of benzene rings is 1. The Hall–Kier alpha value is -2.53. The van der Waals surface area contributed by atoms with Crippen molar-refractivity contribution in [3.8, 4) is 12.3 Å². The van der Waals surface area contributed by atoms with Crippen molar-refractivity contribution in [2.24, 2.45) is 5.92 Å². The van der Waals surface area contributed by atoms with Gasteiger partial charge in [-0.3, -0.25) is 4.79 Å². The van der Waals surface area contributed by atoms with E-state index in [4.69, 9.17) is 6.42 Å². The molecule has 0 fully saturated rings. The van der Waals surface area contributed by atoms with Gasteiger partial charge in [0.15, 0.2) is 5.78 Å². The van der Waals surface area contributed by atoms with Crippen molar-refractivity contribution < 1.29 is 4.79 Å². The molecule has 104 valence electrons. The molecule has 2 nitrogen and oxygen atoms in total. The number of hydrogen-bond donors (Lipinski definition) is 0. The molecule has 1 aliphatic carbocycles. The summed E-state index contributed by atoms with van der Waals surface area (Å²) < 4.78 is 2.01. The van der Waals surface area contributed by atoms with Crippen LogP contribution in [-0.4, -0.2) is 10.4 Å². The van der Waals surface area contributed by atoms with Crippen LogP contribution in [0.5, 0.6) is 0 Å². The fourth-order valence-corrected chi connectivity index (χ4v) is 2.64. The van der Waals surface area contributed by atoms with E-state index in [1.54, 1.807) is 0 Å². The molecular weight excluding hydrogens is 258 g/mol. The van der Waals surface area contributed by atoms with Crippen molar-refractivity contribution >= 4 is 16.7 Å². The Morgan fingerprint density at radius 1 is 1.43 bits per heavy atom. The number of ketones is 1. The molecule has 0 saturated carbocycles. The third kappa shape index (κ3) is 2.55. The van der Waals surface area contributed by atoms with Crippen LogP contribution in [-0.2, 0) is 6.54 Å². The normalized spacial score (nSPS) is 17.5. The Kier molecular flexibility index (Phi) is 3.50. The monoisotopic (exact) mass is 275 g/mol. The van der Waals surface area contributed by atoms with E-state index in [9.17, 15) is 4.79 Å². The molecule has 2 heteroatoms. The van der Waals surface area contributed by atoms with Gasteiger partial charge in [-0.25, -0.2) is 0 Å². The molecule has 0 radical (unpaired) electrons. The molecule has 0 bridgehead atoms. The van der Waals surface area contributed by atoms with E-state index in [0.29, 0.717) is 12.5 Å². The zero-order chi connectivity index (χ0) is 14.8. The first-order chi connectivity index (χ1) is 10.2. The first kappa shape index (κ1) is 13.5. The lowest BCUT2D eigenvalue weighted by Gasteiger charge is -2.11. The van der Waals surface area contributed by atoms with E-state index in [0.717, 1.165) is 28.5 Å². The molecule has 0 N–H and O–H groups in total. The molecule has 3 rings (SSSR count). The van der Waals surface area contributed by atoms with Gasteiger partial charge in [-0.2, -0.15) is 0 Å². The molecule has 1 unspecified atom stereocenters. The van der Waals surface area contributed by atoms with E-state index >= 15 is 0 Å². The molecule has 2 aromatic rings. The van der Waals surface area contributed by atoms with Crippen LogP contribution < -0.4 is 0 Å². The topological polar surface area (TPSA) is 22.0 Å². The van der Waals surface area contributed by atoms with Crippen LogP contribution in [0.1, 0.15) is 23.7 Å². The number of fused-ring (bicyclic) bond motifs is 1. The van der Waals surface area contributed by atoms with Gasteiger partial charge in [0.1, 0.15) is 0 Å². The van der Waals surface area contributed by atoms with Crippen LogP contribution >= 0.6 is 0 Å². The highest BCUT2D eigenvalue weighted by molar-refractivity contribution is 6.12. The number of carbonyl (C=O) groups is 1. The average Bonchev–Trinajstić information content (AvgIpc) is 2.90. The van der Waals surface area contributed by atoms with Gasteiger partial charge in [0.2, 0.25) is 0 Å². The lowest BCUT2D eigenvalue weighted by Crippen LogP contribution is -2.05. The Morgan fingerprint density at radius 2 is 2.29 bits per heavy atom. The van der Waals surface area contributed by atoms with Crippen LogP contribution in [0.25, 0.3) is 10.9 Å². The fourth-order valence-electron chi connectivity index (χ4n) is 2.64. The van der Waals surface area contributed by atoms with Crippen molar-refractivity contribution in [2.45, 2.75) is 19.9 Å². The van der Waals surface area contributed by atoms with E-state index in [1.165, 1.54) is 0 Å². The lowest BCUT2D eigenvalue weighted by molar-refractivity contribution is 0.103. The quantitative estimate of drug-likeness (QED) is 0.613. The Balaban J connectivity index is 1.93. The summed E-state index contributed by atoms with van der Waals surface area (Å²) in [6, 6.07) is 7.79. The molecule has 1 aromatic heterocycles. The Morgan fingerprint density at radius 3 is 3.00 bits per heavy atom. The van der Waals surface area contributed by atoms with Gasteiger partial charge < -0.3 is 4.57 Å². The van der Waals surface area contributed by atoms with Gasteiger partial charge in [-0.05, 0) is 36.6 Å². The van der Waals surface area contributed by atoms with Crippen LogP contribution in [0.3, 0.4) is 0 Å².